The van der Waals surface area contributed by atoms with Crippen molar-refractivity contribution in [3.05, 3.63) is 34.9 Å². The molecule has 1 nitrogen and oxygen atoms in total. The van der Waals surface area contributed by atoms with E-state index in [0.717, 1.165) is 12.8 Å². The Morgan fingerprint density at radius 1 is 1.08 bits per heavy atom. The highest BCUT2D eigenvalue weighted by Crippen LogP contribution is 2.09. The van der Waals surface area contributed by atoms with Crippen molar-refractivity contribution in [2.24, 2.45) is 0 Å². The first-order valence-electron chi connectivity index (χ1n) is 4.31. The predicted molar refractivity (Wildman–Crippen MR) is 50.0 cm³/mol. The maximum atomic E-state index is 10.4. The van der Waals surface area contributed by atoms with Gasteiger partial charge in [-0.3, -0.25) is 4.79 Å². The van der Waals surface area contributed by atoms with Gasteiger partial charge in [0.2, 0.25) is 6.29 Å². The average Bonchev–Trinajstić information content (AvgIpc) is 2.16. The molecule has 0 saturated heterocycles. The van der Waals surface area contributed by atoms with E-state index in [4.69, 9.17) is 0 Å². The van der Waals surface area contributed by atoms with Gasteiger partial charge in [-0.05, 0) is 36.1 Å². The van der Waals surface area contributed by atoms with Gasteiger partial charge in [0.15, 0.2) is 0 Å². The molecule has 0 aromatic heterocycles. The van der Waals surface area contributed by atoms with E-state index in [2.05, 4.69) is 19.9 Å². The summed E-state index contributed by atoms with van der Waals surface area (Å²) in [6.45, 7) is 4.17. The van der Waals surface area contributed by atoms with Crippen LogP contribution in [0.5, 0.6) is 0 Å². The number of benzene rings is 1. The minimum Gasteiger partial charge on any atom is -0.285 e. The third-order valence-electron chi connectivity index (χ3n) is 1.99. The SMILES string of the molecule is CCc1cc([C]=O)cc(CC)c1. The largest absolute Gasteiger partial charge is 0.285 e. The minimum absolute atomic E-state index is 0.672. The summed E-state index contributed by atoms with van der Waals surface area (Å²) in [7, 11) is 0. The average molecular weight is 161 g/mol. The Morgan fingerprint density at radius 3 is 1.92 bits per heavy atom. The lowest BCUT2D eigenvalue weighted by atomic mass is 10.0. The lowest BCUT2D eigenvalue weighted by Gasteiger charge is -2.01. The Bertz CT molecular complexity index is 254. The van der Waals surface area contributed by atoms with E-state index in [-0.39, 0.29) is 0 Å². The molecule has 1 rings (SSSR count). The zero-order valence-corrected chi connectivity index (χ0v) is 7.55. The molecule has 0 atom stereocenters. The summed E-state index contributed by atoms with van der Waals surface area (Å²) >= 11 is 0. The summed E-state index contributed by atoms with van der Waals surface area (Å²) in [6, 6.07) is 5.93. The molecule has 0 saturated carbocycles. The van der Waals surface area contributed by atoms with Gasteiger partial charge in [0.25, 0.3) is 0 Å². The van der Waals surface area contributed by atoms with Crippen LogP contribution in [0.1, 0.15) is 30.5 Å². The molecule has 0 aliphatic heterocycles. The number of aryl methyl sites for hydroxylation is 2. The van der Waals surface area contributed by atoms with Gasteiger partial charge in [-0.15, -0.1) is 0 Å². The van der Waals surface area contributed by atoms with Crippen LogP contribution in [0.3, 0.4) is 0 Å². The van der Waals surface area contributed by atoms with Gasteiger partial charge in [-0.25, -0.2) is 0 Å². The molecule has 1 radical (unpaired) electrons. The molecule has 0 amide bonds. The first kappa shape index (κ1) is 8.98. The van der Waals surface area contributed by atoms with Crippen LogP contribution in [0.15, 0.2) is 18.2 Å². The van der Waals surface area contributed by atoms with Gasteiger partial charge in [0, 0.05) is 5.56 Å². The van der Waals surface area contributed by atoms with E-state index in [9.17, 15) is 4.79 Å². The first-order chi connectivity index (χ1) is 5.80. The zero-order chi connectivity index (χ0) is 8.97. The standard InChI is InChI=1S/C11H13O/c1-3-9-5-10(4-2)7-11(6-9)8-12/h5-7H,3-4H2,1-2H3. The fourth-order valence-electron chi connectivity index (χ4n) is 1.23. The van der Waals surface area contributed by atoms with Crippen LogP contribution < -0.4 is 0 Å². The minimum atomic E-state index is 0.672. The maximum absolute atomic E-state index is 10.4. The van der Waals surface area contributed by atoms with Crippen molar-refractivity contribution in [1.82, 2.24) is 0 Å². The Morgan fingerprint density at radius 2 is 1.58 bits per heavy atom. The molecule has 12 heavy (non-hydrogen) atoms. The third-order valence-corrected chi connectivity index (χ3v) is 1.99. The van der Waals surface area contributed by atoms with Gasteiger partial charge in [0.05, 0.1) is 0 Å². The third kappa shape index (κ3) is 1.94. The molecule has 0 N–H and O–H groups in total. The topological polar surface area (TPSA) is 17.1 Å². The van der Waals surface area contributed by atoms with Crippen LogP contribution in [0, 0.1) is 0 Å². The molecule has 0 bridgehead atoms. The van der Waals surface area contributed by atoms with E-state index in [1.165, 1.54) is 11.1 Å². The molecule has 0 spiro atoms. The van der Waals surface area contributed by atoms with Gasteiger partial charge >= 0.3 is 0 Å². The monoisotopic (exact) mass is 161 g/mol. The van der Waals surface area contributed by atoms with Crippen molar-refractivity contribution < 1.29 is 4.79 Å². The van der Waals surface area contributed by atoms with Gasteiger partial charge < -0.3 is 0 Å². The number of carbonyl (C=O) groups excluding carboxylic acids is 1. The number of hydrogen-bond acceptors (Lipinski definition) is 1. The van der Waals surface area contributed by atoms with Crippen LogP contribution in [0.25, 0.3) is 0 Å². The molecule has 0 fully saturated rings. The van der Waals surface area contributed by atoms with E-state index < -0.39 is 0 Å². The molecule has 63 valence electrons. The second-order valence-corrected chi connectivity index (χ2v) is 2.85. The Kier molecular flexibility index (Phi) is 3.03. The van der Waals surface area contributed by atoms with Crippen LogP contribution in [-0.4, -0.2) is 6.29 Å². The molecular formula is C11H13O. The molecular weight excluding hydrogens is 148 g/mol. The van der Waals surface area contributed by atoms with Crippen LogP contribution >= 0.6 is 0 Å². The van der Waals surface area contributed by atoms with E-state index >= 15 is 0 Å². The summed E-state index contributed by atoms with van der Waals surface area (Å²) in [5.74, 6) is 0. The fourth-order valence-corrected chi connectivity index (χ4v) is 1.23. The summed E-state index contributed by atoms with van der Waals surface area (Å²) < 4.78 is 0. The lowest BCUT2D eigenvalue weighted by molar-refractivity contribution is 0.562. The van der Waals surface area contributed by atoms with Gasteiger partial charge in [-0.2, -0.15) is 0 Å². The number of rotatable bonds is 3. The van der Waals surface area contributed by atoms with Crippen molar-refractivity contribution in [1.29, 1.82) is 0 Å². The highest BCUT2D eigenvalue weighted by atomic mass is 16.1. The maximum Gasteiger partial charge on any atom is 0.233 e. The zero-order valence-electron chi connectivity index (χ0n) is 7.55. The first-order valence-corrected chi connectivity index (χ1v) is 4.31. The second kappa shape index (κ2) is 4.05. The summed E-state index contributed by atoms with van der Waals surface area (Å²) in [6.07, 6.45) is 3.88. The van der Waals surface area contributed by atoms with Crippen molar-refractivity contribution in [3.8, 4) is 0 Å². The summed E-state index contributed by atoms with van der Waals surface area (Å²) in [4.78, 5) is 10.4. The van der Waals surface area contributed by atoms with Gasteiger partial charge in [0.1, 0.15) is 0 Å². The van der Waals surface area contributed by atoms with E-state index in [1.54, 1.807) is 0 Å². The second-order valence-electron chi connectivity index (χ2n) is 2.85. The molecule has 1 aromatic carbocycles. The van der Waals surface area contributed by atoms with Crippen molar-refractivity contribution in [3.63, 3.8) is 0 Å². The normalized spacial score (nSPS) is 9.83. The van der Waals surface area contributed by atoms with Crippen LogP contribution in [0.4, 0.5) is 0 Å². The molecule has 0 aliphatic carbocycles. The lowest BCUT2D eigenvalue weighted by Crippen LogP contribution is -1.90. The molecule has 0 unspecified atom stereocenters. The summed E-state index contributed by atoms with van der Waals surface area (Å²) in [5.41, 5.74) is 3.10. The molecule has 1 aromatic rings. The Balaban J connectivity index is 3.09. The highest BCUT2D eigenvalue weighted by molar-refractivity contribution is 5.76. The van der Waals surface area contributed by atoms with Crippen molar-refractivity contribution >= 4 is 6.29 Å². The van der Waals surface area contributed by atoms with E-state index in [0.29, 0.717) is 5.56 Å². The molecule has 0 heterocycles. The molecule has 1 heteroatoms. The van der Waals surface area contributed by atoms with Crippen LogP contribution in [0.2, 0.25) is 0 Å². The van der Waals surface area contributed by atoms with Crippen molar-refractivity contribution in [2.75, 3.05) is 0 Å². The fraction of sp³-hybridized carbons (Fsp3) is 0.364. The quantitative estimate of drug-likeness (QED) is 0.664. The van der Waals surface area contributed by atoms with Crippen molar-refractivity contribution in [2.45, 2.75) is 26.7 Å². The van der Waals surface area contributed by atoms with Crippen LogP contribution in [-0.2, 0) is 17.6 Å². The summed E-state index contributed by atoms with van der Waals surface area (Å²) in [5, 5.41) is 0. The van der Waals surface area contributed by atoms with E-state index in [1.807, 2.05) is 18.4 Å². The number of hydrogen-bond donors (Lipinski definition) is 0. The highest BCUT2D eigenvalue weighted by Gasteiger charge is 1.97. The van der Waals surface area contributed by atoms with Gasteiger partial charge in [-0.1, -0.05) is 19.9 Å². The predicted octanol–water partition coefficient (Wildman–Crippen LogP) is 2.27. The Labute approximate surface area is 73.4 Å². The Hall–Kier alpha value is -1.11. The smallest absolute Gasteiger partial charge is 0.233 e. The molecule has 0 aliphatic rings.